The number of amides is 1. The van der Waals surface area contributed by atoms with Gasteiger partial charge in [-0.15, -0.1) is 11.8 Å². The molecule has 0 spiro atoms. The van der Waals surface area contributed by atoms with Crippen LogP contribution < -0.4 is 10.1 Å². The molecule has 0 aliphatic rings. The molecule has 2 aromatic carbocycles. The van der Waals surface area contributed by atoms with E-state index in [1.807, 2.05) is 44.4 Å². The van der Waals surface area contributed by atoms with Crippen molar-refractivity contribution in [3.8, 4) is 5.75 Å². The smallest absolute Gasteiger partial charge is 0.243 e. The predicted molar refractivity (Wildman–Crippen MR) is 112 cm³/mol. The van der Waals surface area contributed by atoms with Gasteiger partial charge in [-0.2, -0.15) is 4.31 Å². The van der Waals surface area contributed by atoms with Gasteiger partial charge >= 0.3 is 0 Å². The highest BCUT2D eigenvalue weighted by Gasteiger charge is 2.23. The molecule has 0 fully saturated rings. The average Bonchev–Trinajstić information content (AvgIpc) is 2.68. The number of carbonyl (C=O) groups is 1. The van der Waals surface area contributed by atoms with Crippen LogP contribution in [0, 0.1) is 0 Å². The highest BCUT2D eigenvalue weighted by Crippen LogP contribution is 2.20. The van der Waals surface area contributed by atoms with Crippen molar-refractivity contribution in [3.63, 3.8) is 0 Å². The van der Waals surface area contributed by atoms with Crippen molar-refractivity contribution in [3.05, 3.63) is 54.1 Å². The number of ether oxygens (including phenoxy) is 1. The summed E-state index contributed by atoms with van der Waals surface area (Å²) in [4.78, 5) is 13.6. The zero-order chi connectivity index (χ0) is 20.7. The van der Waals surface area contributed by atoms with E-state index in [1.165, 1.54) is 19.2 Å². The molecule has 1 amide bonds. The first-order chi connectivity index (χ1) is 13.3. The summed E-state index contributed by atoms with van der Waals surface area (Å²) >= 11 is 1.65. The summed E-state index contributed by atoms with van der Waals surface area (Å²) in [7, 11) is -2.37. The Morgan fingerprint density at radius 3 is 2.29 bits per heavy atom. The number of nitrogens with zero attached hydrogens (tertiary/aromatic N) is 1. The number of hydrogen-bond acceptors (Lipinski definition) is 5. The van der Waals surface area contributed by atoms with Gasteiger partial charge in [0.15, 0.2) is 0 Å². The minimum Gasteiger partial charge on any atom is -0.494 e. The van der Waals surface area contributed by atoms with Gasteiger partial charge in [-0.25, -0.2) is 8.42 Å². The Morgan fingerprint density at radius 1 is 1.14 bits per heavy atom. The molecule has 0 saturated heterocycles. The molecule has 2 rings (SSSR count). The zero-order valence-electron chi connectivity index (χ0n) is 16.5. The first kappa shape index (κ1) is 22.3. The Balaban J connectivity index is 1.99. The van der Waals surface area contributed by atoms with E-state index in [1.54, 1.807) is 23.9 Å². The van der Waals surface area contributed by atoms with Crippen LogP contribution >= 0.6 is 11.8 Å². The quantitative estimate of drug-likeness (QED) is 0.628. The number of rotatable bonds is 9. The molecule has 0 aliphatic heterocycles. The summed E-state index contributed by atoms with van der Waals surface area (Å²) in [5.41, 5.74) is 0.961. The SMILES string of the molecule is CCOc1ccc(S(=O)(=O)N(C)CC(=O)N[C@H](C)c2ccc(SC)cc2)cc1. The largest absolute Gasteiger partial charge is 0.494 e. The van der Waals surface area contributed by atoms with E-state index in [0.717, 1.165) is 14.8 Å². The highest BCUT2D eigenvalue weighted by atomic mass is 32.2. The Hall–Kier alpha value is -2.03. The third-order valence-electron chi connectivity index (χ3n) is 4.20. The van der Waals surface area contributed by atoms with Crippen molar-refractivity contribution in [2.75, 3.05) is 26.5 Å². The number of thioether (sulfide) groups is 1. The lowest BCUT2D eigenvalue weighted by Gasteiger charge is -2.19. The lowest BCUT2D eigenvalue weighted by atomic mass is 10.1. The van der Waals surface area contributed by atoms with Gasteiger partial charge in [0.25, 0.3) is 0 Å². The lowest BCUT2D eigenvalue weighted by molar-refractivity contribution is -0.121. The van der Waals surface area contributed by atoms with E-state index in [2.05, 4.69) is 5.32 Å². The van der Waals surface area contributed by atoms with Crippen LogP contribution in [-0.2, 0) is 14.8 Å². The van der Waals surface area contributed by atoms with Gasteiger partial charge < -0.3 is 10.1 Å². The Morgan fingerprint density at radius 2 is 1.75 bits per heavy atom. The summed E-state index contributed by atoms with van der Waals surface area (Å²) in [5, 5.41) is 2.84. The van der Waals surface area contributed by atoms with E-state index in [-0.39, 0.29) is 23.4 Å². The zero-order valence-corrected chi connectivity index (χ0v) is 18.1. The predicted octanol–water partition coefficient (Wildman–Crippen LogP) is 3.31. The van der Waals surface area contributed by atoms with Crippen LogP contribution in [0.25, 0.3) is 0 Å². The second-order valence-electron chi connectivity index (χ2n) is 6.23. The molecule has 0 aromatic heterocycles. The molecule has 0 unspecified atom stereocenters. The molecule has 28 heavy (non-hydrogen) atoms. The van der Waals surface area contributed by atoms with Crippen LogP contribution in [0.4, 0.5) is 0 Å². The van der Waals surface area contributed by atoms with Gasteiger partial charge in [0.1, 0.15) is 5.75 Å². The number of nitrogens with one attached hydrogen (secondary N) is 1. The van der Waals surface area contributed by atoms with Crippen molar-refractivity contribution in [1.82, 2.24) is 9.62 Å². The molecule has 6 nitrogen and oxygen atoms in total. The molecule has 0 saturated carbocycles. The molecule has 152 valence electrons. The van der Waals surface area contributed by atoms with E-state index >= 15 is 0 Å². The van der Waals surface area contributed by atoms with Gasteiger partial charge in [-0.05, 0) is 62.1 Å². The van der Waals surface area contributed by atoms with E-state index < -0.39 is 10.0 Å². The second kappa shape index (κ2) is 9.95. The molecular weight excluding hydrogens is 396 g/mol. The van der Waals surface area contributed by atoms with Crippen LogP contribution in [-0.4, -0.2) is 45.1 Å². The van der Waals surface area contributed by atoms with E-state index in [4.69, 9.17) is 4.74 Å². The van der Waals surface area contributed by atoms with Gasteiger partial charge in [0.2, 0.25) is 15.9 Å². The van der Waals surface area contributed by atoms with Crippen LogP contribution in [0.2, 0.25) is 0 Å². The summed E-state index contributed by atoms with van der Waals surface area (Å²) in [6, 6.07) is 13.8. The van der Waals surface area contributed by atoms with Crippen LogP contribution in [0.1, 0.15) is 25.5 Å². The van der Waals surface area contributed by atoms with Crippen molar-refractivity contribution < 1.29 is 17.9 Å². The number of hydrogen-bond donors (Lipinski definition) is 1. The van der Waals surface area contributed by atoms with Gasteiger partial charge in [-0.1, -0.05) is 12.1 Å². The molecule has 1 N–H and O–H groups in total. The molecule has 2 aromatic rings. The molecule has 1 atom stereocenters. The monoisotopic (exact) mass is 422 g/mol. The average molecular weight is 423 g/mol. The fraction of sp³-hybridized carbons (Fsp3) is 0.350. The minimum absolute atomic E-state index is 0.118. The standard InChI is InChI=1S/C20H26N2O4S2/c1-5-26-17-8-12-19(13-9-17)28(24,25)22(3)14-20(23)21-15(2)16-6-10-18(27-4)11-7-16/h6-13,15H,5,14H2,1-4H3,(H,21,23)/t15-/m1/s1. The fourth-order valence-electron chi connectivity index (χ4n) is 2.60. The topological polar surface area (TPSA) is 75.7 Å². The molecule has 0 radical (unpaired) electrons. The summed E-state index contributed by atoms with van der Waals surface area (Å²) in [6.07, 6.45) is 2.00. The second-order valence-corrected chi connectivity index (χ2v) is 9.15. The number of benzene rings is 2. The Kier molecular flexibility index (Phi) is 7.91. The van der Waals surface area contributed by atoms with E-state index in [0.29, 0.717) is 12.4 Å². The van der Waals surface area contributed by atoms with Crippen molar-refractivity contribution in [2.45, 2.75) is 29.7 Å². The first-order valence-electron chi connectivity index (χ1n) is 8.90. The Bertz CT molecular complexity index is 881. The first-order valence-corrected chi connectivity index (χ1v) is 11.6. The van der Waals surface area contributed by atoms with E-state index in [9.17, 15) is 13.2 Å². The van der Waals surface area contributed by atoms with Gasteiger partial charge in [-0.3, -0.25) is 4.79 Å². The summed E-state index contributed by atoms with van der Waals surface area (Å²) in [5.74, 6) is 0.238. The third-order valence-corrected chi connectivity index (χ3v) is 6.76. The van der Waals surface area contributed by atoms with Crippen molar-refractivity contribution >= 4 is 27.7 Å². The van der Waals surface area contributed by atoms with Gasteiger partial charge in [0, 0.05) is 11.9 Å². The minimum atomic E-state index is -3.76. The number of sulfonamides is 1. The molecule has 0 bridgehead atoms. The molecule has 0 aliphatic carbocycles. The van der Waals surface area contributed by atoms with Gasteiger partial charge in [0.05, 0.1) is 24.1 Å². The highest BCUT2D eigenvalue weighted by molar-refractivity contribution is 7.98. The maximum atomic E-state index is 12.7. The fourth-order valence-corrected chi connectivity index (χ4v) is 4.14. The summed E-state index contributed by atoms with van der Waals surface area (Å²) in [6.45, 7) is 3.97. The lowest BCUT2D eigenvalue weighted by Crippen LogP contribution is -2.39. The maximum absolute atomic E-state index is 12.7. The van der Waals surface area contributed by atoms with Crippen LogP contribution in [0.15, 0.2) is 58.3 Å². The number of carbonyl (C=O) groups excluding carboxylic acids is 1. The maximum Gasteiger partial charge on any atom is 0.243 e. The molecule has 8 heteroatoms. The third kappa shape index (κ3) is 5.73. The van der Waals surface area contributed by atoms with Crippen molar-refractivity contribution in [2.24, 2.45) is 0 Å². The van der Waals surface area contributed by atoms with Crippen LogP contribution in [0.3, 0.4) is 0 Å². The van der Waals surface area contributed by atoms with Crippen LogP contribution in [0.5, 0.6) is 5.75 Å². The normalized spacial score (nSPS) is 12.6. The van der Waals surface area contributed by atoms with Crippen molar-refractivity contribution in [1.29, 1.82) is 0 Å². The Labute approximate surface area is 171 Å². The number of likely N-dealkylation sites (N-methyl/N-ethyl adjacent to an activating group) is 1. The summed E-state index contributed by atoms with van der Waals surface area (Å²) < 4.78 is 31.7. The molecule has 0 heterocycles. The molecular formula is C20H26N2O4S2.